The van der Waals surface area contributed by atoms with Crippen LogP contribution in [0.1, 0.15) is 48.3 Å². The normalized spacial score (nSPS) is 15.2. The van der Waals surface area contributed by atoms with Crippen molar-refractivity contribution in [3.05, 3.63) is 53.1 Å². The Hall–Kier alpha value is -3.22. The molecule has 172 valence electrons. The van der Waals surface area contributed by atoms with Gasteiger partial charge in [0, 0.05) is 12.5 Å². The van der Waals surface area contributed by atoms with Crippen LogP contribution >= 0.6 is 0 Å². The highest BCUT2D eigenvalue weighted by atomic mass is 16.5. The number of carbonyl (C=O) groups excluding carboxylic acids is 2. The Labute approximate surface area is 189 Å². The zero-order valence-corrected chi connectivity index (χ0v) is 19.3. The van der Waals surface area contributed by atoms with Crippen molar-refractivity contribution in [1.82, 2.24) is 4.90 Å². The number of amides is 1. The van der Waals surface area contributed by atoms with E-state index in [0.29, 0.717) is 36.0 Å². The molecule has 32 heavy (non-hydrogen) atoms. The molecule has 0 aromatic heterocycles. The van der Waals surface area contributed by atoms with Gasteiger partial charge in [-0.1, -0.05) is 13.8 Å². The van der Waals surface area contributed by atoms with E-state index in [-0.39, 0.29) is 30.4 Å². The Kier molecular flexibility index (Phi) is 7.62. The van der Waals surface area contributed by atoms with E-state index < -0.39 is 0 Å². The van der Waals surface area contributed by atoms with Crippen molar-refractivity contribution in [3.8, 4) is 17.2 Å². The molecule has 2 aromatic rings. The summed E-state index contributed by atoms with van der Waals surface area (Å²) < 4.78 is 22.0. The summed E-state index contributed by atoms with van der Waals surface area (Å²) in [5.74, 6) is 1.50. The number of fused-ring (bicyclic) bond motifs is 1. The van der Waals surface area contributed by atoms with Crippen molar-refractivity contribution in [2.45, 2.75) is 33.2 Å². The van der Waals surface area contributed by atoms with E-state index in [2.05, 4.69) is 0 Å². The lowest BCUT2D eigenvalue weighted by Gasteiger charge is -2.38. The minimum absolute atomic E-state index is 0.0803. The summed E-state index contributed by atoms with van der Waals surface area (Å²) in [4.78, 5) is 26.7. The summed E-state index contributed by atoms with van der Waals surface area (Å²) in [5, 5.41) is 0. The first-order valence-electron chi connectivity index (χ1n) is 10.8. The molecule has 3 rings (SSSR count). The number of nitrogens with zero attached hydrogens (tertiary/aromatic N) is 1. The number of hydrogen-bond donors (Lipinski definition) is 0. The van der Waals surface area contributed by atoms with Gasteiger partial charge in [0.05, 0.1) is 32.4 Å². The maximum atomic E-state index is 13.0. The number of esters is 1. The highest BCUT2D eigenvalue weighted by molar-refractivity contribution is 5.89. The van der Waals surface area contributed by atoms with Crippen LogP contribution in [-0.2, 0) is 16.0 Å². The molecule has 0 fully saturated rings. The van der Waals surface area contributed by atoms with E-state index >= 15 is 0 Å². The predicted octanol–water partition coefficient (Wildman–Crippen LogP) is 4.04. The van der Waals surface area contributed by atoms with Crippen molar-refractivity contribution < 1.29 is 28.5 Å². The second-order valence-electron chi connectivity index (χ2n) is 7.91. The third-order valence-electron chi connectivity index (χ3n) is 5.55. The van der Waals surface area contributed by atoms with Crippen molar-refractivity contribution >= 4 is 11.9 Å². The van der Waals surface area contributed by atoms with Gasteiger partial charge in [-0.3, -0.25) is 4.79 Å². The van der Waals surface area contributed by atoms with E-state index in [1.165, 1.54) is 0 Å². The van der Waals surface area contributed by atoms with Gasteiger partial charge in [0.15, 0.2) is 11.5 Å². The second kappa shape index (κ2) is 10.4. The molecule has 7 nitrogen and oxygen atoms in total. The Balaban J connectivity index is 1.87. The first-order chi connectivity index (χ1) is 15.4. The molecule has 0 saturated heterocycles. The smallest absolute Gasteiger partial charge is 0.338 e. The number of hydrogen-bond acceptors (Lipinski definition) is 6. The van der Waals surface area contributed by atoms with Gasteiger partial charge >= 0.3 is 5.97 Å². The molecule has 1 aliphatic rings. The quantitative estimate of drug-likeness (QED) is 0.576. The first kappa shape index (κ1) is 23.4. The summed E-state index contributed by atoms with van der Waals surface area (Å²) >= 11 is 0. The van der Waals surface area contributed by atoms with E-state index in [9.17, 15) is 9.59 Å². The molecule has 7 heteroatoms. The highest BCUT2D eigenvalue weighted by Gasteiger charge is 2.33. The topological polar surface area (TPSA) is 74.3 Å². The van der Waals surface area contributed by atoms with Crippen molar-refractivity contribution in [3.63, 3.8) is 0 Å². The fourth-order valence-corrected chi connectivity index (χ4v) is 3.88. The number of ether oxygens (including phenoxy) is 4. The fourth-order valence-electron chi connectivity index (χ4n) is 3.88. The van der Waals surface area contributed by atoms with E-state index in [1.54, 1.807) is 45.4 Å². The van der Waals surface area contributed by atoms with Crippen LogP contribution in [0.5, 0.6) is 17.2 Å². The van der Waals surface area contributed by atoms with E-state index in [1.807, 2.05) is 30.9 Å². The van der Waals surface area contributed by atoms with Gasteiger partial charge in [-0.25, -0.2) is 4.79 Å². The van der Waals surface area contributed by atoms with Crippen LogP contribution in [0.25, 0.3) is 0 Å². The molecule has 1 aliphatic heterocycles. The standard InChI is InChI=1S/C25H31NO6/c1-6-31-25(28)17-7-9-19(10-8-17)32-15-21-20-14-23(30-5)22(29-4)13-18(20)11-12-26(21)24(27)16(2)3/h7-10,13-14,16,21H,6,11-12,15H2,1-5H3/t21-/m1/s1. The Bertz CT molecular complexity index is 954. The number of rotatable bonds is 8. The van der Waals surface area contributed by atoms with Crippen LogP contribution in [0.15, 0.2) is 36.4 Å². The van der Waals surface area contributed by atoms with E-state index in [0.717, 1.165) is 17.5 Å². The van der Waals surface area contributed by atoms with Crippen molar-refractivity contribution in [2.75, 3.05) is 34.0 Å². The van der Waals surface area contributed by atoms with Crippen molar-refractivity contribution in [2.24, 2.45) is 5.92 Å². The molecule has 0 N–H and O–H groups in total. The lowest BCUT2D eigenvalue weighted by Crippen LogP contribution is -2.44. The molecule has 1 atom stereocenters. The zero-order chi connectivity index (χ0) is 23.3. The molecular weight excluding hydrogens is 410 g/mol. The molecule has 0 saturated carbocycles. The van der Waals surface area contributed by atoms with Gasteiger partial charge in [0.2, 0.25) is 5.91 Å². The lowest BCUT2D eigenvalue weighted by atomic mass is 9.91. The van der Waals surface area contributed by atoms with Crippen LogP contribution in [0.3, 0.4) is 0 Å². The molecular formula is C25H31NO6. The van der Waals surface area contributed by atoms with Crippen LogP contribution in [-0.4, -0.2) is 50.8 Å². The largest absolute Gasteiger partial charge is 0.493 e. The Morgan fingerprint density at radius 2 is 1.72 bits per heavy atom. The molecule has 0 aliphatic carbocycles. The summed E-state index contributed by atoms with van der Waals surface area (Å²) in [5.41, 5.74) is 2.57. The summed E-state index contributed by atoms with van der Waals surface area (Å²) in [6.07, 6.45) is 0.735. The number of benzene rings is 2. The molecule has 0 radical (unpaired) electrons. The monoisotopic (exact) mass is 441 g/mol. The third kappa shape index (κ3) is 4.98. The molecule has 2 aromatic carbocycles. The average molecular weight is 442 g/mol. The third-order valence-corrected chi connectivity index (χ3v) is 5.55. The van der Waals surface area contributed by atoms with Crippen LogP contribution in [0, 0.1) is 5.92 Å². The van der Waals surface area contributed by atoms with Gasteiger partial charge < -0.3 is 23.8 Å². The molecule has 1 amide bonds. The molecule has 0 unspecified atom stereocenters. The van der Waals surface area contributed by atoms with Gasteiger partial charge in [-0.15, -0.1) is 0 Å². The fraction of sp³-hybridized carbons (Fsp3) is 0.440. The van der Waals surface area contributed by atoms with Gasteiger partial charge in [-0.2, -0.15) is 0 Å². The SMILES string of the molecule is CCOC(=O)c1ccc(OC[C@@H]2c3cc(OC)c(OC)cc3CCN2C(=O)C(C)C)cc1. The van der Waals surface area contributed by atoms with Gasteiger partial charge in [0.25, 0.3) is 0 Å². The minimum Gasteiger partial charge on any atom is -0.493 e. The Morgan fingerprint density at radius 1 is 1.06 bits per heavy atom. The summed E-state index contributed by atoms with van der Waals surface area (Å²) in [6.45, 7) is 6.78. The van der Waals surface area contributed by atoms with Crippen LogP contribution in [0.2, 0.25) is 0 Å². The average Bonchev–Trinajstić information content (AvgIpc) is 2.81. The number of methoxy groups -OCH3 is 2. The van der Waals surface area contributed by atoms with Crippen LogP contribution in [0.4, 0.5) is 0 Å². The molecule has 0 bridgehead atoms. The van der Waals surface area contributed by atoms with Gasteiger partial charge in [-0.05, 0) is 60.9 Å². The Morgan fingerprint density at radius 3 is 2.31 bits per heavy atom. The zero-order valence-electron chi connectivity index (χ0n) is 19.3. The maximum Gasteiger partial charge on any atom is 0.338 e. The first-order valence-corrected chi connectivity index (χ1v) is 10.8. The van der Waals surface area contributed by atoms with Crippen molar-refractivity contribution in [1.29, 1.82) is 0 Å². The highest BCUT2D eigenvalue weighted by Crippen LogP contribution is 2.39. The maximum absolute atomic E-state index is 13.0. The summed E-state index contributed by atoms with van der Waals surface area (Å²) in [6, 6.07) is 10.5. The second-order valence-corrected chi connectivity index (χ2v) is 7.91. The van der Waals surface area contributed by atoms with Gasteiger partial charge in [0.1, 0.15) is 12.4 Å². The minimum atomic E-state index is -0.366. The number of carbonyl (C=O) groups is 2. The summed E-state index contributed by atoms with van der Waals surface area (Å²) in [7, 11) is 3.21. The lowest BCUT2D eigenvalue weighted by molar-refractivity contribution is -0.138. The molecule has 0 spiro atoms. The molecule has 1 heterocycles. The predicted molar refractivity (Wildman–Crippen MR) is 120 cm³/mol. The van der Waals surface area contributed by atoms with E-state index in [4.69, 9.17) is 18.9 Å². The van der Waals surface area contributed by atoms with Crippen LogP contribution < -0.4 is 14.2 Å².